The SMILES string of the molecule is CCOC(=O)C1CCN(C(=O)OC)CCC12OCCO2. The van der Waals surface area contributed by atoms with Crippen LogP contribution < -0.4 is 0 Å². The smallest absolute Gasteiger partial charge is 0.409 e. The van der Waals surface area contributed by atoms with Crippen molar-refractivity contribution in [1.29, 1.82) is 0 Å². The zero-order valence-electron chi connectivity index (χ0n) is 11.9. The minimum Gasteiger partial charge on any atom is -0.466 e. The molecule has 0 aromatic heterocycles. The maximum absolute atomic E-state index is 12.1. The number of methoxy groups -OCH3 is 1. The molecule has 1 amide bonds. The summed E-state index contributed by atoms with van der Waals surface area (Å²) in [6, 6.07) is 0. The van der Waals surface area contributed by atoms with Gasteiger partial charge in [0, 0.05) is 19.5 Å². The number of ether oxygens (including phenoxy) is 4. The first-order chi connectivity index (χ1) is 9.63. The van der Waals surface area contributed by atoms with E-state index in [-0.39, 0.29) is 5.97 Å². The number of likely N-dealkylation sites (tertiary alicyclic amines) is 1. The summed E-state index contributed by atoms with van der Waals surface area (Å²) in [5.74, 6) is -1.81. The van der Waals surface area contributed by atoms with Crippen molar-refractivity contribution < 1.29 is 28.5 Å². The molecule has 2 aliphatic heterocycles. The highest BCUT2D eigenvalue weighted by Crippen LogP contribution is 2.37. The number of esters is 1. The molecule has 7 heteroatoms. The predicted molar refractivity (Wildman–Crippen MR) is 68.0 cm³/mol. The molecule has 0 bridgehead atoms. The van der Waals surface area contributed by atoms with E-state index in [0.717, 1.165) is 0 Å². The molecule has 114 valence electrons. The first-order valence-electron chi connectivity index (χ1n) is 6.90. The average molecular weight is 287 g/mol. The second-order valence-corrected chi connectivity index (χ2v) is 4.81. The molecule has 2 aliphatic rings. The van der Waals surface area contributed by atoms with Crippen molar-refractivity contribution >= 4 is 12.1 Å². The third kappa shape index (κ3) is 2.88. The van der Waals surface area contributed by atoms with E-state index in [0.29, 0.717) is 45.8 Å². The zero-order valence-corrected chi connectivity index (χ0v) is 11.9. The van der Waals surface area contributed by atoms with Crippen molar-refractivity contribution in [1.82, 2.24) is 4.90 Å². The number of carbonyl (C=O) groups excluding carboxylic acids is 2. The molecule has 0 N–H and O–H groups in total. The summed E-state index contributed by atoms with van der Waals surface area (Å²) in [6.45, 7) is 3.83. The quantitative estimate of drug-likeness (QED) is 0.698. The molecule has 0 radical (unpaired) electrons. The highest BCUT2D eigenvalue weighted by molar-refractivity contribution is 5.74. The molecule has 0 aliphatic carbocycles. The fourth-order valence-corrected chi connectivity index (χ4v) is 2.75. The van der Waals surface area contributed by atoms with Crippen LogP contribution in [0.1, 0.15) is 19.8 Å². The van der Waals surface area contributed by atoms with Gasteiger partial charge < -0.3 is 23.8 Å². The molecule has 1 spiro atoms. The second-order valence-electron chi connectivity index (χ2n) is 4.81. The van der Waals surface area contributed by atoms with Crippen molar-refractivity contribution in [3.05, 3.63) is 0 Å². The molecule has 0 saturated carbocycles. The normalized spacial score (nSPS) is 25.3. The predicted octanol–water partition coefficient (Wildman–Crippen LogP) is 0.771. The van der Waals surface area contributed by atoms with Crippen LogP contribution in [0.2, 0.25) is 0 Å². The minimum atomic E-state index is -0.963. The number of hydrogen-bond acceptors (Lipinski definition) is 6. The molecule has 20 heavy (non-hydrogen) atoms. The van der Waals surface area contributed by atoms with Crippen molar-refractivity contribution in [2.45, 2.75) is 25.6 Å². The lowest BCUT2D eigenvalue weighted by Crippen LogP contribution is -2.44. The van der Waals surface area contributed by atoms with Gasteiger partial charge >= 0.3 is 12.1 Å². The van der Waals surface area contributed by atoms with Crippen molar-refractivity contribution in [2.75, 3.05) is 40.0 Å². The highest BCUT2D eigenvalue weighted by Gasteiger charge is 2.50. The van der Waals surface area contributed by atoms with Gasteiger partial charge in [0.25, 0.3) is 0 Å². The van der Waals surface area contributed by atoms with Gasteiger partial charge in [-0.3, -0.25) is 4.79 Å². The van der Waals surface area contributed by atoms with Crippen molar-refractivity contribution in [3.63, 3.8) is 0 Å². The first-order valence-corrected chi connectivity index (χ1v) is 6.90. The van der Waals surface area contributed by atoms with Crippen LogP contribution in [0.4, 0.5) is 4.79 Å². The third-order valence-electron chi connectivity index (χ3n) is 3.73. The van der Waals surface area contributed by atoms with Gasteiger partial charge in [-0.1, -0.05) is 0 Å². The van der Waals surface area contributed by atoms with Crippen LogP contribution in [0.3, 0.4) is 0 Å². The summed E-state index contributed by atoms with van der Waals surface area (Å²) in [7, 11) is 1.34. The number of nitrogens with zero attached hydrogens (tertiary/aromatic N) is 1. The fraction of sp³-hybridized carbons (Fsp3) is 0.846. The van der Waals surface area contributed by atoms with E-state index < -0.39 is 17.8 Å². The number of hydrogen-bond donors (Lipinski definition) is 0. The lowest BCUT2D eigenvalue weighted by Gasteiger charge is -2.32. The van der Waals surface area contributed by atoms with Crippen LogP contribution in [0.15, 0.2) is 0 Å². The maximum Gasteiger partial charge on any atom is 0.409 e. The molecule has 2 fully saturated rings. The van der Waals surface area contributed by atoms with Crippen LogP contribution in [-0.4, -0.2) is 62.8 Å². The average Bonchev–Trinajstić information content (AvgIpc) is 2.82. The maximum atomic E-state index is 12.1. The van der Waals surface area contributed by atoms with E-state index in [2.05, 4.69) is 0 Å². The Hall–Kier alpha value is -1.34. The van der Waals surface area contributed by atoms with E-state index >= 15 is 0 Å². The van der Waals surface area contributed by atoms with Crippen LogP contribution in [-0.2, 0) is 23.7 Å². The van der Waals surface area contributed by atoms with Gasteiger partial charge in [-0.15, -0.1) is 0 Å². The Morgan fingerprint density at radius 3 is 2.60 bits per heavy atom. The number of amides is 1. The van der Waals surface area contributed by atoms with Gasteiger partial charge in [-0.2, -0.15) is 0 Å². The summed E-state index contributed by atoms with van der Waals surface area (Å²) >= 11 is 0. The molecule has 0 aromatic rings. The van der Waals surface area contributed by atoms with Gasteiger partial charge in [0.05, 0.1) is 26.9 Å². The Bertz CT molecular complexity index is 366. The van der Waals surface area contributed by atoms with Gasteiger partial charge in [0.1, 0.15) is 5.92 Å². The van der Waals surface area contributed by atoms with Crippen LogP contribution in [0.25, 0.3) is 0 Å². The van der Waals surface area contributed by atoms with Crippen molar-refractivity contribution in [2.24, 2.45) is 5.92 Å². The largest absolute Gasteiger partial charge is 0.466 e. The van der Waals surface area contributed by atoms with E-state index in [1.807, 2.05) is 0 Å². The summed E-state index contributed by atoms with van der Waals surface area (Å²) in [4.78, 5) is 25.3. The first kappa shape index (κ1) is 15.1. The zero-order chi connectivity index (χ0) is 14.6. The number of carbonyl (C=O) groups is 2. The molecular formula is C13H21NO6. The van der Waals surface area contributed by atoms with Gasteiger partial charge in [0.15, 0.2) is 5.79 Å². The Morgan fingerprint density at radius 2 is 2.00 bits per heavy atom. The van der Waals surface area contributed by atoms with Gasteiger partial charge in [-0.25, -0.2) is 4.79 Å². The van der Waals surface area contributed by atoms with Crippen LogP contribution in [0.5, 0.6) is 0 Å². The van der Waals surface area contributed by atoms with E-state index in [1.54, 1.807) is 11.8 Å². The Balaban J connectivity index is 2.14. The topological polar surface area (TPSA) is 74.3 Å². The summed E-state index contributed by atoms with van der Waals surface area (Å²) in [6.07, 6.45) is 0.474. The molecule has 0 aromatic carbocycles. The van der Waals surface area contributed by atoms with Gasteiger partial charge in [-0.05, 0) is 13.3 Å². The molecule has 1 unspecified atom stereocenters. The highest BCUT2D eigenvalue weighted by atomic mass is 16.7. The summed E-state index contributed by atoms with van der Waals surface area (Å²) in [5.41, 5.74) is 0. The standard InChI is InChI=1S/C13H21NO6/c1-3-18-11(15)10-4-6-14(12(16)17-2)7-5-13(10)19-8-9-20-13/h10H,3-9H2,1-2H3. The third-order valence-corrected chi connectivity index (χ3v) is 3.73. The second kappa shape index (κ2) is 6.41. The van der Waals surface area contributed by atoms with Crippen molar-refractivity contribution in [3.8, 4) is 0 Å². The van der Waals surface area contributed by atoms with E-state index in [1.165, 1.54) is 7.11 Å². The van der Waals surface area contributed by atoms with Crippen LogP contribution >= 0.6 is 0 Å². The summed E-state index contributed by atoms with van der Waals surface area (Å²) < 4.78 is 21.2. The Kier molecular flexibility index (Phi) is 4.82. The summed E-state index contributed by atoms with van der Waals surface area (Å²) in [5, 5.41) is 0. The van der Waals surface area contributed by atoms with E-state index in [4.69, 9.17) is 18.9 Å². The lowest BCUT2D eigenvalue weighted by molar-refractivity contribution is -0.210. The Labute approximate surface area is 118 Å². The molecule has 1 atom stereocenters. The molecule has 2 heterocycles. The van der Waals surface area contributed by atoms with E-state index in [9.17, 15) is 9.59 Å². The van der Waals surface area contributed by atoms with Gasteiger partial charge in [0.2, 0.25) is 0 Å². The molecule has 7 nitrogen and oxygen atoms in total. The molecule has 2 saturated heterocycles. The minimum absolute atomic E-state index is 0.312. The Morgan fingerprint density at radius 1 is 1.30 bits per heavy atom. The monoisotopic (exact) mass is 287 g/mol. The van der Waals surface area contributed by atoms with Crippen LogP contribution in [0, 0.1) is 5.92 Å². The number of rotatable bonds is 2. The molecular weight excluding hydrogens is 266 g/mol. The lowest BCUT2D eigenvalue weighted by atomic mass is 9.93. The molecule has 2 rings (SSSR count). The fourth-order valence-electron chi connectivity index (χ4n) is 2.75.